The first-order chi connectivity index (χ1) is 32.0. The Morgan fingerprint density at radius 3 is 0.846 bits per heavy atom. The number of esters is 3. The fourth-order valence-electron chi connectivity index (χ4n) is 8.61. The Morgan fingerprint density at radius 1 is 0.308 bits per heavy atom. The molecule has 0 fully saturated rings. The first-order valence-electron chi connectivity index (χ1n) is 28.9. The molecule has 0 saturated carbocycles. The third-order valence-corrected chi connectivity index (χ3v) is 13.0. The summed E-state index contributed by atoms with van der Waals surface area (Å²) in [5.74, 6) is -0.850. The Balaban J connectivity index is 4.28. The van der Waals surface area contributed by atoms with Gasteiger partial charge in [-0.15, -0.1) is 0 Å². The summed E-state index contributed by atoms with van der Waals surface area (Å²) in [6.07, 6.45) is 63.1. The highest BCUT2D eigenvalue weighted by molar-refractivity contribution is 5.71. The summed E-state index contributed by atoms with van der Waals surface area (Å²) in [7, 11) is 0. The van der Waals surface area contributed by atoms with E-state index < -0.39 is 6.10 Å². The molecule has 0 saturated heterocycles. The van der Waals surface area contributed by atoms with Crippen molar-refractivity contribution in [1.29, 1.82) is 0 Å². The fourth-order valence-corrected chi connectivity index (χ4v) is 8.61. The third kappa shape index (κ3) is 52.7. The zero-order valence-electron chi connectivity index (χ0n) is 43.8. The van der Waals surface area contributed by atoms with E-state index in [2.05, 4.69) is 45.1 Å². The Hall–Kier alpha value is -2.11. The van der Waals surface area contributed by atoms with Crippen LogP contribution in [0.1, 0.15) is 316 Å². The maximum absolute atomic E-state index is 12.8. The van der Waals surface area contributed by atoms with Crippen LogP contribution in [0.15, 0.2) is 24.3 Å². The maximum Gasteiger partial charge on any atom is 0.306 e. The summed E-state index contributed by atoms with van der Waals surface area (Å²) in [5, 5.41) is 0. The van der Waals surface area contributed by atoms with Crippen LogP contribution in [0.4, 0.5) is 0 Å². The van der Waals surface area contributed by atoms with E-state index in [9.17, 15) is 14.4 Å². The molecule has 1 unspecified atom stereocenters. The van der Waals surface area contributed by atoms with Gasteiger partial charge in [0.25, 0.3) is 0 Å². The van der Waals surface area contributed by atoms with Crippen molar-refractivity contribution >= 4 is 17.9 Å². The first-order valence-corrected chi connectivity index (χ1v) is 28.9. The first kappa shape index (κ1) is 62.9. The van der Waals surface area contributed by atoms with Gasteiger partial charge in [0, 0.05) is 19.3 Å². The monoisotopic (exact) mass is 915 g/mol. The summed E-state index contributed by atoms with van der Waals surface area (Å²) < 4.78 is 16.9. The van der Waals surface area contributed by atoms with E-state index in [0.717, 1.165) is 57.8 Å². The van der Waals surface area contributed by atoms with Crippen molar-refractivity contribution in [3.8, 4) is 0 Å². The molecule has 6 heteroatoms. The number of unbranched alkanes of at least 4 members (excludes halogenated alkanes) is 39. The average Bonchev–Trinajstić information content (AvgIpc) is 3.30. The van der Waals surface area contributed by atoms with Crippen LogP contribution in [-0.2, 0) is 28.6 Å². The van der Waals surface area contributed by atoms with Gasteiger partial charge in [0.2, 0.25) is 0 Å². The molecular formula is C59H110O6. The molecule has 0 amide bonds. The number of carbonyl (C=O) groups excluding carboxylic acids is 3. The largest absolute Gasteiger partial charge is 0.462 e. The van der Waals surface area contributed by atoms with Crippen LogP contribution >= 0.6 is 0 Å². The predicted molar refractivity (Wildman–Crippen MR) is 279 cm³/mol. The molecule has 0 spiro atoms. The lowest BCUT2D eigenvalue weighted by atomic mass is 10.0. The van der Waals surface area contributed by atoms with Crippen molar-refractivity contribution < 1.29 is 28.6 Å². The smallest absolute Gasteiger partial charge is 0.306 e. The molecule has 1 atom stereocenters. The Morgan fingerprint density at radius 2 is 0.538 bits per heavy atom. The summed E-state index contributed by atoms with van der Waals surface area (Å²) >= 11 is 0. The molecule has 0 heterocycles. The summed E-state index contributed by atoms with van der Waals surface area (Å²) in [6.45, 7) is 6.65. The van der Waals surface area contributed by atoms with Gasteiger partial charge in [0.1, 0.15) is 13.2 Å². The van der Waals surface area contributed by atoms with Crippen LogP contribution in [0.2, 0.25) is 0 Å². The molecule has 0 aliphatic rings. The Bertz CT molecular complexity index is 1050. The number of hydrogen-bond acceptors (Lipinski definition) is 6. The predicted octanol–water partition coefficient (Wildman–Crippen LogP) is 19.1. The van der Waals surface area contributed by atoms with Crippen LogP contribution in [0.5, 0.6) is 0 Å². The van der Waals surface area contributed by atoms with Crippen molar-refractivity contribution in [3.05, 3.63) is 24.3 Å². The molecule has 0 aliphatic carbocycles. The SMILES string of the molecule is CCCCC/C=C\C=C/CCCCCCCCCCCCC(=O)OCC(COC(=O)CCCCCCCCCCCCC)OC(=O)CCCCCCCCCCCCCCCCCCC. The van der Waals surface area contributed by atoms with E-state index in [1.165, 1.54) is 218 Å². The van der Waals surface area contributed by atoms with E-state index in [1.807, 2.05) is 0 Å². The molecule has 0 radical (unpaired) electrons. The van der Waals surface area contributed by atoms with E-state index >= 15 is 0 Å². The van der Waals surface area contributed by atoms with Crippen LogP contribution in [-0.4, -0.2) is 37.2 Å². The fraction of sp³-hybridized carbons (Fsp3) is 0.881. The number of ether oxygens (including phenoxy) is 3. The van der Waals surface area contributed by atoms with E-state index in [-0.39, 0.29) is 31.1 Å². The van der Waals surface area contributed by atoms with E-state index in [4.69, 9.17) is 14.2 Å². The van der Waals surface area contributed by atoms with Gasteiger partial charge >= 0.3 is 17.9 Å². The minimum atomic E-state index is -0.766. The standard InChI is InChI=1S/C59H110O6/c1-4-7-10-13-16-19-22-24-26-28-29-31-32-34-37-40-43-46-49-52-58(61)64-55-56(54-63-57(60)51-48-45-42-39-36-21-18-15-12-9-6-3)65-59(62)53-50-47-44-41-38-35-33-30-27-25-23-20-17-14-11-8-5-2/h16,19,22,24,56H,4-15,17-18,20-21,23,25-55H2,1-3H3/b19-16-,24-22-. The van der Waals surface area contributed by atoms with Crippen LogP contribution < -0.4 is 0 Å². The van der Waals surface area contributed by atoms with Gasteiger partial charge < -0.3 is 14.2 Å². The lowest BCUT2D eigenvalue weighted by Gasteiger charge is -2.18. The van der Waals surface area contributed by atoms with Crippen molar-refractivity contribution in [2.24, 2.45) is 0 Å². The minimum Gasteiger partial charge on any atom is -0.462 e. The molecule has 0 aliphatic heterocycles. The highest BCUT2D eigenvalue weighted by atomic mass is 16.6. The number of hydrogen-bond donors (Lipinski definition) is 0. The van der Waals surface area contributed by atoms with Gasteiger partial charge in [-0.1, -0.05) is 276 Å². The zero-order valence-corrected chi connectivity index (χ0v) is 43.8. The molecule has 65 heavy (non-hydrogen) atoms. The van der Waals surface area contributed by atoms with Crippen molar-refractivity contribution in [2.75, 3.05) is 13.2 Å². The lowest BCUT2D eigenvalue weighted by Crippen LogP contribution is -2.30. The van der Waals surface area contributed by atoms with Gasteiger partial charge in [0.15, 0.2) is 6.10 Å². The van der Waals surface area contributed by atoms with E-state index in [0.29, 0.717) is 19.3 Å². The number of rotatable bonds is 53. The molecule has 0 aromatic carbocycles. The Kier molecular flexibility index (Phi) is 52.7. The number of allylic oxidation sites excluding steroid dienone is 4. The summed E-state index contributed by atoms with van der Waals surface area (Å²) in [4.78, 5) is 38.1. The van der Waals surface area contributed by atoms with Gasteiger partial charge in [-0.25, -0.2) is 0 Å². The normalized spacial score (nSPS) is 12.1. The van der Waals surface area contributed by atoms with Crippen LogP contribution in [0.25, 0.3) is 0 Å². The number of carbonyl (C=O) groups is 3. The van der Waals surface area contributed by atoms with E-state index in [1.54, 1.807) is 0 Å². The van der Waals surface area contributed by atoms with Gasteiger partial charge in [0.05, 0.1) is 0 Å². The molecule has 382 valence electrons. The quantitative estimate of drug-likeness (QED) is 0.0262. The molecule has 0 rings (SSSR count). The second-order valence-electron chi connectivity index (χ2n) is 19.6. The molecule has 0 bridgehead atoms. The third-order valence-electron chi connectivity index (χ3n) is 13.0. The summed E-state index contributed by atoms with van der Waals surface area (Å²) in [5.41, 5.74) is 0. The Labute approximate surface area is 404 Å². The van der Waals surface area contributed by atoms with Gasteiger partial charge in [-0.05, 0) is 44.9 Å². The topological polar surface area (TPSA) is 78.9 Å². The highest BCUT2D eigenvalue weighted by Gasteiger charge is 2.19. The van der Waals surface area contributed by atoms with Crippen LogP contribution in [0.3, 0.4) is 0 Å². The second-order valence-corrected chi connectivity index (χ2v) is 19.6. The maximum atomic E-state index is 12.8. The molecule has 0 aromatic heterocycles. The van der Waals surface area contributed by atoms with Gasteiger partial charge in [-0.2, -0.15) is 0 Å². The molecule has 0 aromatic rings. The average molecular weight is 916 g/mol. The van der Waals surface area contributed by atoms with Crippen LogP contribution in [0, 0.1) is 0 Å². The summed E-state index contributed by atoms with van der Waals surface area (Å²) in [6, 6.07) is 0. The minimum absolute atomic E-state index is 0.0666. The van der Waals surface area contributed by atoms with Crippen molar-refractivity contribution in [3.63, 3.8) is 0 Å². The lowest BCUT2D eigenvalue weighted by molar-refractivity contribution is -0.167. The highest BCUT2D eigenvalue weighted by Crippen LogP contribution is 2.17. The molecule has 6 nitrogen and oxygen atoms in total. The zero-order chi connectivity index (χ0) is 47.2. The molecular weight excluding hydrogens is 805 g/mol. The van der Waals surface area contributed by atoms with Crippen molar-refractivity contribution in [1.82, 2.24) is 0 Å². The van der Waals surface area contributed by atoms with Crippen molar-refractivity contribution in [2.45, 2.75) is 322 Å². The second kappa shape index (κ2) is 54.5. The molecule has 0 N–H and O–H groups in total. The van der Waals surface area contributed by atoms with Gasteiger partial charge in [-0.3, -0.25) is 14.4 Å².